The van der Waals surface area contributed by atoms with Crippen molar-refractivity contribution in [2.24, 2.45) is 0 Å². The van der Waals surface area contributed by atoms with Gasteiger partial charge in [0.1, 0.15) is 5.75 Å². The zero-order chi connectivity index (χ0) is 19.7. The zero-order valence-electron chi connectivity index (χ0n) is 15.7. The highest BCUT2D eigenvalue weighted by atomic mass is 32.2. The summed E-state index contributed by atoms with van der Waals surface area (Å²) in [5.41, 5.74) is 2.00. The Morgan fingerprint density at radius 3 is 2.71 bits per heavy atom. The van der Waals surface area contributed by atoms with E-state index in [1.807, 2.05) is 12.1 Å². The lowest BCUT2D eigenvalue weighted by Gasteiger charge is -2.13. The molecule has 146 valence electrons. The lowest BCUT2D eigenvalue weighted by Crippen LogP contribution is -2.14. The van der Waals surface area contributed by atoms with Gasteiger partial charge in [-0.05, 0) is 55.2 Å². The van der Waals surface area contributed by atoms with E-state index in [1.54, 1.807) is 38.3 Å². The van der Waals surface area contributed by atoms with Crippen molar-refractivity contribution in [1.29, 1.82) is 0 Å². The van der Waals surface area contributed by atoms with Crippen LogP contribution in [0.5, 0.6) is 5.75 Å². The van der Waals surface area contributed by atoms with Crippen LogP contribution in [0.15, 0.2) is 51.9 Å². The van der Waals surface area contributed by atoms with Crippen molar-refractivity contribution >= 4 is 15.7 Å². The van der Waals surface area contributed by atoms with E-state index < -0.39 is 10.0 Å². The first-order valence-corrected chi connectivity index (χ1v) is 10.5. The molecule has 0 atom stereocenters. The molecular formula is C20H21N3O4S. The second kappa shape index (κ2) is 7.27. The summed E-state index contributed by atoms with van der Waals surface area (Å²) in [6, 6.07) is 12.0. The first kappa shape index (κ1) is 18.5. The van der Waals surface area contributed by atoms with Crippen LogP contribution < -0.4 is 9.46 Å². The molecule has 1 heterocycles. The lowest BCUT2D eigenvalue weighted by atomic mass is 10.1. The molecule has 4 rings (SSSR count). The molecule has 1 fully saturated rings. The predicted octanol–water partition coefficient (Wildman–Crippen LogP) is 3.66. The van der Waals surface area contributed by atoms with Crippen LogP contribution in [0.1, 0.15) is 41.6 Å². The van der Waals surface area contributed by atoms with Gasteiger partial charge in [0.05, 0.1) is 24.1 Å². The van der Waals surface area contributed by atoms with Crippen LogP contribution in [0.25, 0.3) is 0 Å². The molecule has 0 saturated heterocycles. The molecule has 7 nitrogen and oxygen atoms in total. The maximum atomic E-state index is 12.9. The fourth-order valence-electron chi connectivity index (χ4n) is 3.01. The Morgan fingerprint density at radius 1 is 1.21 bits per heavy atom. The van der Waals surface area contributed by atoms with Gasteiger partial charge in [0, 0.05) is 5.92 Å². The molecule has 0 aliphatic heterocycles. The van der Waals surface area contributed by atoms with Gasteiger partial charge in [-0.25, -0.2) is 8.42 Å². The van der Waals surface area contributed by atoms with Crippen LogP contribution in [0.3, 0.4) is 0 Å². The molecule has 0 unspecified atom stereocenters. The quantitative estimate of drug-likeness (QED) is 0.652. The topological polar surface area (TPSA) is 94.3 Å². The Kier molecular flexibility index (Phi) is 4.80. The second-order valence-electron chi connectivity index (χ2n) is 6.89. The molecule has 28 heavy (non-hydrogen) atoms. The zero-order valence-corrected chi connectivity index (χ0v) is 16.5. The number of para-hydroxylation sites is 1. The summed E-state index contributed by atoms with van der Waals surface area (Å²) in [6.07, 6.45) is 2.55. The SMILES string of the molecule is COc1ccc(S(=O)(=O)Nc2ccccc2Cc2nc(C3CC3)no2)cc1C. The van der Waals surface area contributed by atoms with Gasteiger partial charge in [0.15, 0.2) is 5.82 Å². The number of hydrogen-bond acceptors (Lipinski definition) is 6. The van der Waals surface area contributed by atoms with Gasteiger partial charge in [-0.1, -0.05) is 23.4 Å². The Balaban J connectivity index is 1.58. The number of benzene rings is 2. The molecule has 2 aromatic carbocycles. The number of aryl methyl sites for hydroxylation is 1. The van der Waals surface area contributed by atoms with Crippen LogP contribution in [-0.2, 0) is 16.4 Å². The van der Waals surface area contributed by atoms with Crippen molar-refractivity contribution < 1.29 is 17.7 Å². The van der Waals surface area contributed by atoms with Crippen LogP contribution in [-0.4, -0.2) is 25.7 Å². The van der Waals surface area contributed by atoms with Gasteiger partial charge in [-0.2, -0.15) is 4.98 Å². The van der Waals surface area contributed by atoms with Gasteiger partial charge in [-0.3, -0.25) is 4.72 Å². The average molecular weight is 399 g/mol. The van der Waals surface area contributed by atoms with Gasteiger partial charge in [0.25, 0.3) is 10.0 Å². The Labute approximate surface area is 163 Å². The van der Waals surface area contributed by atoms with E-state index in [9.17, 15) is 8.42 Å². The largest absolute Gasteiger partial charge is 0.496 e. The third-order valence-corrected chi connectivity index (χ3v) is 6.07. The van der Waals surface area contributed by atoms with Crippen molar-refractivity contribution in [3.8, 4) is 5.75 Å². The summed E-state index contributed by atoms with van der Waals surface area (Å²) in [7, 11) is -2.19. The number of nitrogens with zero attached hydrogens (tertiary/aromatic N) is 2. The van der Waals surface area contributed by atoms with Crippen molar-refractivity contribution in [2.75, 3.05) is 11.8 Å². The van der Waals surface area contributed by atoms with Gasteiger partial charge in [-0.15, -0.1) is 0 Å². The summed E-state index contributed by atoms with van der Waals surface area (Å²) in [4.78, 5) is 4.60. The predicted molar refractivity (Wildman–Crippen MR) is 104 cm³/mol. The van der Waals surface area contributed by atoms with E-state index in [0.29, 0.717) is 29.7 Å². The fourth-order valence-corrected chi connectivity index (χ4v) is 4.19. The number of nitrogens with one attached hydrogen (secondary N) is 1. The monoisotopic (exact) mass is 399 g/mol. The highest BCUT2D eigenvalue weighted by molar-refractivity contribution is 7.92. The number of rotatable bonds is 7. The third kappa shape index (κ3) is 3.87. The van der Waals surface area contributed by atoms with Crippen molar-refractivity contribution in [2.45, 2.75) is 37.0 Å². The number of anilines is 1. The molecule has 1 aliphatic rings. The minimum absolute atomic E-state index is 0.175. The second-order valence-corrected chi connectivity index (χ2v) is 8.57. The van der Waals surface area contributed by atoms with E-state index in [4.69, 9.17) is 9.26 Å². The van der Waals surface area contributed by atoms with Crippen molar-refractivity contribution in [3.05, 3.63) is 65.3 Å². The standard InChI is InChI=1S/C20H21N3O4S/c1-13-11-16(9-10-18(13)26-2)28(24,25)23-17-6-4-3-5-15(17)12-19-21-20(22-27-19)14-7-8-14/h3-6,9-11,14,23H,7-8,12H2,1-2H3. The highest BCUT2D eigenvalue weighted by Crippen LogP contribution is 2.38. The molecule has 1 saturated carbocycles. The van der Waals surface area contributed by atoms with Crippen LogP contribution in [0, 0.1) is 6.92 Å². The smallest absolute Gasteiger partial charge is 0.261 e. The summed E-state index contributed by atoms with van der Waals surface area (Å²) in [5.74, 6) is 2.27. The van der Waals surface area contributed by atoms with E-state index in [2.05, 4.69) is 14.9 Å². The summed E-state index contributed by atoms with van der Waals surface area (Å²) < 4.78 is 38.9. The summed E-state index contributed by atoms with van der Waals surface area (Å²) >= 11 is 0. The molecular weight excluding hydrogens is 378 g/mol. The maximum Gasteiger partial charge on any atom is 0.261 e. The van der Waals surface area contributed by atoms with Crippen molar-refractivity contribution in [1.82, 2.24) is 10.1 Å². The van der Waals surface area contributed by atoms with Crippen LogP contribution >= 0.6 is 0 Å². The number of sulfonamides is 1. The Morgan fingerprint density at radius 2 is 2.00 bits per heavy atom. The van der Waals surface area contributed by atoms with E-state index in [0.717, 1.165) is 29.8 Å². The van der Waals surface area contributed by atoms with Crippen LogP contribution in [0.2, 0.25) is 0 Å². The first-order chi connectivity index (χ1) is 13.5. The lowest BCUT2D eigenvalue weighted by molar-refractivity contribution is 0.379. The molecule has 1 aliphatic carbocycles. The number of aromatic nitrogens is 2. The van der Waals surface area contributed by atoms with Gasteiger partial charge >= 0.3 is 0 Å². The fraction of sp³-hybridized carbons (Fsp3) is 0.300. The van der Waals surface area contributed by atoms with E-state index in [1.165, 1.54) is 6.07 Å². The van der Waals surface area contributed by atoms with Crippen molar-refractivity contribution in [3.63, 3.8) is 0 Å². The number of methoxy groups -OCH3 is 1. The molecule has 8 heteroatoms. The molecule has 0 amide bonds. The first-order valence-electron chi connectivity index (χ1n) is 9.04. The Hall–Kier alpha value is -2.87. The minimum Gasteiger partial charge on any atom is -0.496 e. The Bertz CT molecular complexity index is 1100. The van der Waals surface area contributed by atoms with Crippen LogP contribution in [0.4, 0.5) is 5.69 Å². The maximum absolute atomic E-state index is 12.9. The minimum atomic E-state index is -3.75. The molecule has 3 aromatic rings. The molecule has 1 N–H and O–H groups in total. The number of hydrogen-bond donors (Lipinski definition) is 1. The molecule has 1 aromatic heterocycles. The van der Waals surface area contributed by atoms with Gasteiger partial charge < -0.3 is 9.26 Å². The van der Waals surface area contributed by atoms with E-state index >= 15 is 0 Å². The molecule has 0 radical (unpaired) electrons. The number of ether oxygens (including phenoxy) is 1. The van der Waals surface area contributed by atoms with E-state index in [-0.39, 0.29) is 4.90 Å². The summed E-state index contributed by atoms with van der Waals surface area (Å²) in [6.45, 7) is 1.80. The summed E-state index contributed by atoms with van der Waals surface area (Å²) in [5, 5.41) is 4.02. The molecule has 0 bridgehead atoms. The molecule has 0 spiro atoms. The highest BCUT2D eigenvalue weighted by Gasteiger charge is 2.29. The van der Waals surface area contributed by atoms with Gasteiger partial charge in [0.2, 0.25) is 5.89 Å². The normalized spacial score (nSPS) is 14.1. The average Bonchev–Trinajstić information content (AvgIpc) is 3.42. The third-order valence-electron chi connectivity index (χ3n) is 4.71.